The summed E-state index contributed by atoms with van der Waals surface area (Å²) in [4.78, 5) is 32.0. The van der Waals surface area contributed by atoms with Crippen LogP contribution in [0.25, 0.3) is 0 Å². The van der Waals surface area contributed by atoms with Gasteiger partial charge in [0.15, 0.2) is 0 Å². The van der Waals surface area contributed by atoms with Crippen molar-refractivity contribution in [1.82, 2.24) is 0 Å². The summed E-state index contributed by atoms with van der Waals surface area (Å²) in [5.74, 6) is -3.80. The van der Waals surface area contributed by atoms with E-state index in [9.17, 15) is 14.4 Å². The van der Waals surface area contributed by atoms with Crippen LogP contribution in [0.3, 0.4) is 0 Å². The number of carbonyl (C=O) groups is 3. The highest BCUT2D eigenvalue weighted by Gasteiger charge is 2.34. The van der Waals surface area contributed by atoms with E-state index in [4.69, 9.17) is 9.84 Å². The first-order chi connectivity index (χ1) is 6.91. The van der Waals surface area contributed by atoms with Crippen LogP contribution >= 0.6 is 0 Å². The molecule has 0 saturated heterocycles. The first-order valence-electron chi connectivity index (χ1n) is 4.27. The fraction of sp³-hybridized carbons (Fsp3) is 0.444. The summed E-state index contributed by atoms with van der Waals surface area (Å²) in [5.41, 5.74) is 0. The zero-order chi connectivity index (χ0) is 11.5. The predicted molar refractivity (Wildman–Crippen MR) is 46.6 cm³/mol. The van der Waals surface area contributed by atoms with Gasteiger partial charge < -0.3 is 14.6 Å². The number of carboxylic acids is 1. The van der Waals surface area contributed by atoms with Crippen molar-refractivity contribution in [2.75, 3.05) is 0 Å². The zero-order valence-corrected chi connectivity index (χ0v) is 8.06. The summed E-state index contributed by atoms with van der Waals surface area (Å²) >= 11 is 0. The van der Waals surface area contributed by atoms with E-state index in [1.165, 1.54) is 13.0 Å². The molecule has 0 saturated carbocycles. The van der Waals surface area contributed by atoms with Gasteiger partial charge in [0.2, 0.25) is 0 Å². The molecule has 6 heteroatoms. The standard InChI is InChI=1S/C9H10O6/c1-9(5-4-8(13)15-9)14-7(12)3-2-6(10)11/h4-5H,2-3H2,1H3,(H,10,11). The minimum atomic E-state index is -1.40. The molecule has 0 fully saturated rings. The maximum atomic E-state index is 11.1. The Balaban J connectivity index is 2.41. The molecule has 0 aromatic carbocycles. The van der Waals surface area contributed by atoms with Crippen LogP contribution in [0.5, 0.6) is 0 Å². The van der Waals surface area contributed by atoms with Gasteiger partial charge in [-0.15, -0.1) is 0 Å². The van der Waals surface area contributed by atoms with Gasteiger partial charge in [-0.05, 0) is 0 Å². The molecule has 0 spiro atoms. The van der Waals surface area contributed by atoms with Crippen molar-refractivity contribution < 1.29 is 29.0 Å². The highest BCUT2D eigenvalue weighted by Crippen LogP contribution is 2.21. The largest absolute Gasteiger partial charge is 0.481 e. The van der Waals surface area contributed by atoms with E-state index in [2.05, 4.69) is 4.74 Å². The molecule has 0 bridgehead atoms. The van der Waals surface area contributed by atoms with Gasteiger partial charge >= 0.3 is 17.9 Å². The lowest BCUT2D eigenvalue weighted by molar-refractivity contribution is -0.198. The van der Waals surface area contributed by atoms with Gasteiger partial charge in [0.25, 0.3) is 5.79 Å². The molecule has 0 amide bonds. The number of aliphatic carboxylic acids is 1. The van der Waals surface area contributed by atoms with Crippen LogP contribution in [-0.2, 0) is 23.9 Å². The van der Waals surface area contributed by atoms with E-state index in [0.717, 1.165) is 6.08 Å². The maximum absolute atomic E-state index is 11.1. The molecule has 15 heavy (non-hydrogen) atoms. The second-order valence-corrected chi connectivity index (χ2v) is 3.14. The number of esters is 2. The minimum absolute atomic E-state index is 0.254. The van der Waals surface area contributed by atoms with Crippen molar-refractivity contribution in [2.45, 2.75) is 25.6 Å². The first kappa shape index (κ1) is 11.2. The van der Waals surface area contributed by atoms with Gasteiger partial charge in [0, 0.05) is 19.1 Å². The lowest BCUT2D eigenvalue weighted by Gasteiger charge is -2.21. The van der Waals surface area contributed by atoms with Crippen LogP contribution in [0.4, 0.5) is 0 Å². The molecule has 1 rings (SSSR count). The molecule has 0 aromatic heterocycles. The molecule has 1 atom stereocenters. The summed E-state index contributed by atoms with van der Waals surface area (Å²) in [6.07, 6.45) is 1.88. The molecular weight excluding hydrogens is 204 g/mol. The average molecular weight is 214 g/mol. The highest BCUT2D eigenvalue weighted by molar-refractivity contribution is 5.85. The van der Waals surface area contributed by atoms with Crippen molar-refractivity contribution in [2.24, 2.45) is 0 Å². The van der Waals surface area contributed by atoms with E-state index >= 15 is 0 Å². The molecule has 0 aromatic rings. The van der Waals surface area contributed by atoms with Crippen molar-refractivity contribution in [1.29, 1.82) is 0 Å². The van der Waals surface area contributed by atoms with Gasteiger partial charge in [0.05, 0.1) is 12.8 Å². The average Bonchev–Trinajstić information content (AvgIpc) is 2.42. The Bertz CT molecular complexity index is 331. The topological polar surface area (TPSA) is 89.9 Å². The quantitative estimate of drug-likeness (QED) is 0.673. The molecular formula is C9H10O6. The molecule has 1 heterocycles. The number of ether oxygens (including phenoxy) is 2. The van der Waals surface area contributed by atoms with Crippen molar-refractivity contribution in [3.05, 3.63) is 12.2 Å². The fourth-order valence-corrected chi connectivity index (χ4v) is 1.03. The van der Waals surface area contributed by atoms with E-state index in [0.29, 0.717) is 0 Å². The molecule has 1 N–H and O–H groups in total. The van der Waals surface area contributed by atoms with Gasteiger partial charge in [-0.2, -0.15) is 0 Å². The van der Waals surface area contributed by atoms with Crippen molar-refractivity contribution in [3.8, 4) is 0 Å². The van der Waals surface area contributed by atoms with Gasteiger partial charge in [-0.25, -0.2) is 4.79 Å². The van der Waals surface area contributed by atoms with Crippen molar-refractivity contribution >= 4 is 17.9 Å². The fourth-order valence-electron chi connectivity index (χ4n) is 1.03. The summed E-state index contributed by atoms with van der Waals surface area (Å²) in [7, 11) is 0. The van der Waals surface area contributed by atoms with Crippen LogP contribution in [-0.4, -0.2) is 28.8 Å². The molecule has 1 unspecified atom stereocenters. The maximum Gasteiger partial charge on any atom is 0.334 e. The van der Waals surface area contributed by atoms with Crippen LogP contribution in [0.2, 0.25) is 0 Å². The Kier molecular flexibility index (Phi) is 3.08. The summed E-state index contributed by atoms with van der Waals surface area (Å²) in [6, 6.07) is 0. The third-order valence-electron chi connectivity index (χ3n) is 1.68. The number of carboxylic acid groups (broad SMARTS) is 1. The molecule has 1 aliphatic rings. The number of rotatable bonds is 4. The van der Waals surface area contributed by atoms with Crippen LogP contribution in [0.15, 0.2) is 12.2 Å². The second-order valence-electron chi connectivity index (χ2n) is 3.14. The molecule has 0 radical (unpaired) electrons. The normalized spacial score (nSPS) is 23.7. The Morgan fingerprint density at radius 2 is 2.20 bits per heavy atom. The van der Waals surface area contributed by atoms with Gasteiger partial charge in [-0.3, -0.25) is 9.59 Å². The SMILES string of the molecule is CC1(OC(=O)CCC(=O)O)C=CC(=O)O1. The monoisotopic (exact) mass is 214 g/mol. The van der Waals surface area contributed by atoms with E-state index in [-0.39, 0.29) is 12.8 Å². The smallest absolute Gasteiger partial charge is 0.334 e. The second kappa shape index (κ2) is 4.12. The van der Waals surface area contributed by atoms with E-state index in [1.54, 1.807) is 0 Å². The van der Waals surface area contributed by atoms with Crippen molar-refractivity contribution in [3.63, 3.8) is 0 Å². The van der Waals surface area contributed by atoms with Gasteiger partial charge in [0.1, 0.15) is 0 Å². The Morgan fingerprint density at radius 1 is 1.53 bits per heavy atom. The van der Waals surface area contributed by atoms with Crippen LogP contribution in [0, 0.1) is 0 Å². The number of cyclic esters (lactones) is 1. The third kappa shape index (κ3) is 3.41. The Morgan fingerprint density at radius 3 is 2.67 bits per heavy atom. The van der Waals surface area contributed by atoms with E-state index in [1.807, 2.05) is 0 Å². The third-order valence-corrected chi connectivity index (χ3v) is 1.68. The van der Waals surface area contributed by atoms with Crippen LogP contribution in [0.1, 0.15) is 19.8 Å². The van der Waals surface area contributed by atoms with E-state index < -0.39 is 23.7 Å². The number of hydrogen-bond donors (Lipinski definition) is 1. The summed E-state index contributed by atoms with van der Waals surface area (Å²) < 4.78 is 9.47. The minimum Gasteiger partial charge on any atom is -0.481 e. The molecule has 82 valence electrons. The summed E-state index contributed by atoms with van der Waals surface area (Å²) in [5, 5.41) is 8.32. The summed E-state index contributed by atoms with van der Waals surface area (Å²) in [6.45, 7) is 1.40. The molecule has 6 nitrogen and oxygen atoms in total. The highest BCUT2D eigenvalue weighted by atomic mass is 16.7. The lowest BCUT2D eigenvalue weighted by Crippen LogP contribution is -2.31. The number of hydrogen-bond acceptors (Lipinski definition) is 5. The molecule has 0 aliphatic carbocycles. The zero-order valence-electron chi connectivity index (χ0n) is 8.06. The lowest BCUT2D eigenvalue weighted by atomic mass is 10.3. The molecule has 1 aliphatic heterocycles. The van der Waals surface area contributed by atoms with Crippen LogP contribution < -0.4 is 0 Å². The number of carbonyl (C=O) groups excluding carboxylic acids is 2. The first-order valence-corrected chi connectivity index (χ1v) is 4.27. The predicted octanol–water partition coefficient (Wildman–Crippen LogP) is 0.224. The van der Waals surface area contributed by atoms with Gasteiger partial charge in [-0.1, -0.05) is 0 Å². The Hall–Kier alpha value is -1.85. The Labute approximate surface area is 85.5 Å².